The molecule has 0 heterocycles. The molecule has 0 aliphatic carbocycles. The summed E-state index contributed by atoms with van der Waals surface area (Å²) in [5, 5.41) is 0.600. The van der Waals surface area contributed by atoms with Crippen LogP contribution in [0.15, 0.2) is 53.5 Å². The molecule has 31 heavy (non-hydrogen) atoms. The molecule has 0 saturated heterocycles. The Morgan fingerprint density at radius 1 is 0.935 bits per heavy atom. The number of halogens is 2. The standard InChI is InChI=1S/C19H23ClN2O6S2.ClH/c1-29(23,24)27-12-10-22(11-13-28-30(2,25)26)19-8-6-16(7-9-19)15-21-18-5-3-4-17(20)14-18;/h3-9,14-15H,10-13H2,1-2H3;1H. The van der Waals surface area contributed by atoms with E-state index in [2.05, 4.69) is 4.99 Å². The second-order valence-electron chi connectivity index (χ2n) is 6.37. The molecule has 0 unspecified atom stereocenters. The van der Waals surface area contributed by atoms with Gasteiger partial charge >= 0.3 is 0 Å². The molecule has 0 aliphatic heterocycles. The Balaban J connectivity index is 0.00000480. The van der Waals surface area contributed by atoms with Crippen LogP contribution in [0.3, 0.4) is 0 Å². The zero-order chi connectivity index (χ0) is 22.2. The summed E-state index contributed by atoms with van der Waals surface area (Å²) in [5.74, 6) is 0. The Hall–Kier alpha value is -1.69. The average molecular weight is 511 g/mol. The summed E-state index contributed by atoms with van der Waals surface area (Å²) in [6.07, 6.45) is 3.63. The highest BCUT2D eigenvalue weighted by atomic mass is 35.5. The molecule has 0 spiro atoms. The van der Waals surface area contributed by atoms with Crippen LogP contribution in [0.2, 0.25) is 5.02 Å². The van der Waals surface area contributed by atoms with Crippen LogP contribution in [0, 0.1) is 0 Å². The lowest BCUT2D eigenvalue weighted by Gasteiger charge is -2.24. The van der Waals surface area contributed by atoms with Crippen LogP contribution in [-0.2, 0) is 28.6 Å². The fraction of sp³-hybridized carbons (Fsp3) is 0.316. The third kappa shape index (κ3) is 11.5. The lowest BCUT2D eigenvalue weighted by Crippen LogP contribution is -2.32. The van der Waals surface area contributed by atoms with Crippen LogP contribution >= 0.6 is 24.0 Å². The van der Waals surface area contributed by atoms with Gasteiger partial charge in [-0.2, -0.15) is 16.8 Å². The molecule has 2 aromatic carbocycles. The van der Waals surface area contributed by atoms with Crippen LogP contribution in [0.4, 0.5) is 11.4 Å². The first-order valence-corrected chi connectivity index (χ1v) is 12.9. The van der Waals surface area contributed by atoms with Crippen LogP contribution < -0.4 is 4.90 Å². The van der Waals surface area contributed by atoms with Gasteiger partial charge in [-0.1, -0.05) is 29.8 Å². The van der Waals surface area contributed by atoms with Crippen molar-refractivity contribution in [1.82, 2.24) is 0 Å². The molecule has 2 aromatic rings. The SMILES string of the molecule is CS(=O)(=O)OCCN(CCOS(C)(=O)=O)c1ccc(C=Nc2cccc(Cl)c2)cc1.Cl. The predicted molar refractivity (Wildman–Crippen MR) is 126 cm³/mol. The second kappa shape index (κ2) is 12.4. The molecular weight excluding hydrogens is 487 g/mol. The Labute approximate surface area is 194 Å². The highest BCUT2D eigenvalue weighted by Gasteiger charge is 2.11. The fourth-order valence-corrected chi connectivity index (χ4v) is 3.38. The first-order chi connectivity index (χ1) is 14.0. The van der Waals surface area contributed by atoms with Gasteiger partial charge < -0.3 is 4.90 Å². The lowest BCUT2D eigenvalue weighted by molar-refractivity contribution is 0.309. The fourth-order valence-electron chi connectivity index (χ4n) is 2.44. The third-order valence-corrected chi connectivity index (χ3v) is 5.17. The summed E-state index contributed by atoms with van der Waals surface area (Å²) in [6.45, 7) is 0.317. The van der Waals surface area contributed by atoms with Crippen molar-refractivity contribution >= 4 is 61.8 Å². The number of benzene rings is 2. The second-order valence-corrected chi connectivity index (χ2v) is 10.1. The van der Waals surface area contributed by atoms with Gasteiger partial charge in [-0.05, 0) is 35.9 Å². The monoisotopic (exact) mass is 510 g/mol. The summed E-state index contributed by atoms with van der Waals surface area (Å²) in [7, 11) is -7.14. The van der Waals surface area contributed by atoms with Crippen molar-refractivity contribution < 1.29 is 25.2 Å². The van der Waals surface area contributed by atoms with Crippen molar-refractivity contribution in [2.24, 2.45) is 4.99 Å². The molecule has 0 saturated carbocycles. The zero-order valence-corrected chi connectivity index (χ0v) is 20.2. The third-order valence-electron chi connectivity index (χ3n) is 3.75. The van der Waals surface area contributed by atoms with Crippen LogP contribution in [0.25, 0.3) is 0 Å². The van der Waals surface area contributed by atoms with E-state index in [4.69, 9.17) is 20.0 Å². The summed E-state index contributed by atoms with van der Waals surface area (Å²) in [6, 6.07) is 14.5. The van der Waals surface area contributed by atoms with Gasteiger partial charge in [0.15, 0.2) is 0 Å². The van der Waals surface area contributed by atoms with E-state index in [1.54, 1.807) is 23.2 Å². The molecule has 0 radical (unpaired) electrons. The average Bonchev–Trinajstić information content (AvgIpc) is 2.64. The number of hydrogen-bond acceptors (Lipinski definition) is 8. The Bertz CT molecular complexity index is 1040. The zero-order valence-electron chi connectivity index (χ0n) is 17.0. The van der Waals surface area contributed by atoms with E-state index in [0.29, 0.717) is 5.02 Å². The van der Waals surface area contributed by atoms with Gasteiger partial charge in [0.1, 0.15) is 0 Å². The van der Waals surface area contributed by atoms with Crippen molar-refractivity contribution in [3.05, 3.63) is 59.1 Å². The van der Waals surface area contributed by atoms with Crippen molar-refractivity contribution in [1.29, 1.82) is 0 Å². The van der Waals surface area contributed by atoms with Gasteiger partial charge in [-0.3, -0.25) is 13.4 Å². The maximum Gasteiger partial charge on any atom is 0.264 e. The summed E-state index contributed by atoms with van der Waals surface area (Å²) in [4.78, 5) is 6.14. The number of nitrogens with zero attached hydrogens (tertiary/aromatic N) is 2. The minimum atomic E-state index is -3.57. The smallest absolute Gasteiger partial charge is 0.264 e. The first-order valence-electron chi connectivity index (χ1n) is 8.85. The molecule has 0 aliphatic rings. The van der Waals surface area contributed by atoms with E-state index in [0.717, 1.165) is 29.4 Å². The van der Waals surface area contributed by atoms with Crippen molar-refractivity contribution in [3.8, 4) is 0 Å². The largest absolute Gasteiger partial charge is 0.367 e. The molecule has 12 heteroatoms. The molecule has 0 N–H and O–H groups in total. The summed E-state index contributed by atoms with van der Waals surface area (Å²) < 4.78 is 54.3. The van der Waals surface area contributed by atoms with E-state index in [-0.39, 0.29) is 38.7 Å². The molecule has 0 bridgehead atoms. The molecule has 172 valence electrons. The molecule has 0 atom stereocenters. The quantitative estimate of drug-likeness (QED) is 0.337. The topological polar surface area (TPSA) is 102 Å². The van der Waals surface area contributed by atoms with Gasteiger partial charge in [-0.15, -0.1) is 12.4 Å². The predicted octanol–water partition coefficient (Wildman–Crippen LogP) is 3.27. The maximum absolute atomic E-state index is 11.2. The summed E-state index contributed by atoms with van der Waals surface area (Å²) in [5.41, 5.74) is 2.33. The number of anilines is 1. The highest BCUT2D eigenvalue weighted by molar-refractivity contribution is 7.86. The Morgan fingerprint density at radius 2 is 1.48 bits per heavy atom. The molecule has 0 amide bonds. The molecular formula is C19H24Cl2N2O6S2. The van der Waals surface area contributed by atoms with Crippen molar-refractivity contribution in [2.45, 2.75) is 0 Å². The van der Waals surface area contributed by atoms with Gasteiger partial charge in [0, 0.05) is 30.0 Å². The van der Waals surface area contributed by atoms with E-state index in [1.807, 2.05) is 36.4 Å². The summed E-state index contributed by atoms with van der Waals surface area (Å²) >= 11 is 5.95. The minimum absolute atomic E-state index is 0. The lowest BCUT2D eigenvalue weighted by atomic mass is 10.2. The van der Waals surface area contributed by atoms with Gasteiger partial charge in [0.25, 0.3) is 20.2 Å². The van der Waals surface area contributed by atoms with Gasteiger partial charge in [0.05, 0.1) is 31.4 Å². The van der Waals surface area contributed by atoms with Gasteiger partial charge in [0.2, 0.25) is 0 Å². The maximum atomic E-state index is 11.2. The van der Waals surface area contributed by atoms with E-state index in [1.165, 1.54) is 0 Å². The van der Waals surface area contributed by atoms with E-state index < -0.39 is 20.2 Å². The van der Waals surface area contributed by atoms with E-state index >= 15 is 0 Å². The number of rotatable bonds is 11. The van der Waals surface area contributed by atoms with Crippen molar-refractivity contribution in [2.75, 3.05) is 43.7 Å². The minimum Gasteiger partial charge on any atom is -0.367 e. The molecule has 0 aromatic heterocycles. The Morgan fingerprint density at radius 3 is 1.97 bits per heavy atom. The van der Waals surface area contributed by atoms with Crippen LogP contribution in [-0.4, -0.2) is 61.9 Å². The molecule has 8 nitrogen and oxygen atoms in total. The van der Waals surface area contributed by atoms with Gasteiger partial charge in [-0.25, -0.2) is 0 Å². The van der Waals surface area contributed by atoms with Crippen LogP contribution in [0.5, 0.6) is 0 Å². The van der Waals surface area contributed by atoms with E-state index in [9.17, 15) is 16.8 Å². The number of hydrogen-bond donors (Lipinski definition) is 0. The molecule has 2 rings (SSSR count). The van der Waals surface area contributed by atoms with Crippen LogP contribution in [0.1, 0.15) is 5.56 Å². The normalized spacial score (nSPS) is 12.0. The first kappa shape index (κ1) is 27.3. The Kier molecular flexibility index (Phi) is 10.9. The molecule has 0 fully saturated rings. The van der Waals surface area contributed by atoms with Crippen molar-refractivity contribution in [3.63, 3.8) is 0 Å². The number of aliphatic imine (C=N–C) groups is 1. The highest BCUT2D eigenvalue weighted by Crippen LogP contribution is 2.19.